The summed E-state index contributed by atoms with van der Waals surface area (Å²) in [5, 5.41) is -0.134. The van der Waals surface area contributed by atoms with Gasteiger partial charge in [0.05, 0.1) is 0 Å². The molecule has 12 heavy (non-hydrogen) atoms. The lowest BCUT2D eigenvalue weighted by Gasteiger charge is -2.37. The van der Waals surface area contributed by atoms with E-state index < -0.39 is 8.80 Å². The van der Waals surface area contributed by atoms with Crippen molar-refractivity contribution >= 4 is 8.80 Å². The molecule has 0 amide bonds. The predicted octanol–water partition coefficient (Wildman–Crippen LogP) is 1.87. The number of rotatable bonds is 5. The smallest absolute Gasteiger partial charge is 0.377 e. The summed E-state index contributed by atoms with van der Waals surface area (Å²) in [5.74, 6) is 0. The molecule has 0 saturated carbocycles. The van der Waals surface area contributed by atoms with Crippen molar-refractivity contribution in [3.8, 4) is 0 Å². The summed E-state index contributed by atoms with van der Waals surface area (Å²) in [4.78, 5) is 0. The van der Waals surface area contributed by atoms with Crippen LogP contribution in [0.25, 0.3) is 0 Å². The maximum Gasteiger partial charge on any atom is 0.506 e. The molecule has 0 heterocycles. The number of hydrogen-bond acceptors (Lipinski definition) is 3. The van der Waals surface area contributed by atoms with Crippen molar-refractivity contribution in [1.82, 2.24) is 0 Å². The van der Waals surface area contributed by atoms with Crippen molar-refractivity contribution in [1.29, 1.82) is 0 Å². The summed E-state index contributed by atoms with van der Waals surface area (Å²) in [6.45, 7) is 7.95. The Hall–Kier alpha value is 0.0969. The average Bonchev–Trinajstić information content (AvgIpc) is 2.08. The van der Waals surface area contributed by atoms with Crippen molar-refractivity contribution in [3.05, 3.63) is 6.92 Å². The molecule has 0 aromatic carbocycles. The van der Waals surface area contributed by atoms with Gasteiger partial charge in [-0.3, -0.25) is 0 Å². The molecule has 0 fully saturated rings. The molecular weight excluding hydrogens is 172 g/mol. The zero-order chi connectivity index (χ0) is 9.83. The van der Waals surface area contributed by atoms with Gasteiger partial charge in [0.2, 0.25) is 0 Å². The van der Waals surface area contributed by atoms with Gasteiger partial charge in [-0.05, 0) is 6.42 Å². The Morgan fingerprint density at radius 2 is 1.42 bits per heavy atom. The largest absolute Gasteiger partial charge is 0.506 e. The van der Waals surface area contributed by atoms with Crippen molar-refractivity contribution in [2.75, 3.05) is 21.3 Å². The van der Waals surface area contributed by atoms with Crippen LogP contribution in [0.4, 0.5) is 0 Å². The van der Waals surface area contributed by atoms with E-state index in [1.807, 2.05) is 13.8 Å². The van der Waals surface area contributed by atoms with Crippen LogP contribution >= 0.6 is 0 Å². The van der Waals surface area contributed by atoms with E-state index in [1.54, 1.807) is 21.3 Å². The third-order valence-electron chi connectivity index (χ3n) is 2.26. The highest BCUT2D eigenvalue weighted by molar-refractivity contribution is 6.64. The summed E-state index contributed by atoms with van der Waals surface area (Å²) in [6, 6.07) is 0. The molecule has 0 saturated heterocycles. The quantitative estimate of drug-likeness (QED) is 0.621. The topological polar surface area (TPSA) is 27.7 Å². The van der Waals surface area contributed by atoms with Gasteiger partial charge in [-0.2, -0.15) is 0 Å². The average molecular weight is 191 g/mol. The SMILES string of the molecule is [CH2]CC(C)(C)[Si](OC)(OC)OC. The Labute approximate surface area is 76.4 Å². The molecular formula is C8H19O3Si. The minimum Gasteiger partial charge on any atom is -0.377 e. The van der Waals surface area contributed by atoms with Crippen LogP contribution < -0.4 is 0 Å². The van der Waals surface area contributed by atoms with Gasteiger partial charge in [-0.15, -0.1) is 0 Å². The normalized spacial score (nSPS) is 13.5. The van der Waals surface area contributed by atoms with E-state index in [1.165, 1.54) is 0 Å². The molecule has 0 bridgehead atoms. The van der Waals surface area contributed by atoms with E-state index >= 15 is 0 Å². The van der Waals surface area contributed by atoms with E-state index in [4.69, 9.17) is 13.3 Å². The molecule has 0 aliphatic heterocycles. The molecule has 1 radical (unpaired) electrons. The van der Waals surface area contributed by atoms with Gasteiger partial charge in [0.25, 0.3) is 0 Å². The fourth-order valence-electron chi connectivity index (χ4n) is 1.23. The number of hydrogen-bond donors (Lipinski definition) is 0. The van der Waals surface area contributed by atoms with Crippen LogP contribution in [-0.2, 0) is 13.3 Å². The third-order valence-corrected chi connectivity index (χ3v) is 5.78. The highest BCUT2D eigenvalue weighted by atomic mass is 28.4. The highest BCUT2D eigenvalue weighted by Crippen LogP contribution is 2.40. The molecule has 0 aromatic heterocycles. The molecule has 0 spiro atoms. The fraction of sp³-hybridized carbons (Fsp3) is 0.875. The van der Waals surface area contributed by atoms with E-state index in [0.717, 1.165) is 6.42 Å². The zero-order valence-corrected chi connectivity index (χ0v) is 9.64. The second-order valence-corrected chi connectivity index (χ2v) is 6.99. The molecule has 0 aliphatic carbocycles. The van der Waals surface area contributed by atoms with E-state index in [-0.39, 0.29) is 5.04 Å². The fourth-order valence-corrected chi connectivity index (χ4v) is 3.70. The molecule has 0 aromatic rings. The van der Waals surface area contributed by atoms with Gasteiger partial charge >= 0.3 is 8.80 Å². The van der Waals surface area contributed by atoms with Crippen LogP contribution in [0.3, 0.4) is 0 Å². The van der Waals surface area contributed by atoms with Gasteiger partial charge in [0.15, 0.2) is 0 Å². The van der Waals surface area contributed by atoms with Gasteiger partial charge < -0.3 is 13.3 Å². The maximum absolute atomic E-state index is 5.35. The Morgan fingerprint density at radius 3 is 1.50 bits per heavy atom. The molecule has 73 valence electrons. The summed E-state index contributed by atoms with van der Waals surface area (Å²) in [6.07, 6.45) is 0.731. The Kier molecular flexibility index (Phi) is 4.40. The monoisotopic (exact) mass is 191 g/mol. The first-order chi connectivity index (χ1) is 5.49. The summed E-state index contributed by atoms with van der Waals surface area (Å²) in [5.41, 5.74) is 0. The molecule has 0 unspecified atom stereocenters. The van der Waals surface area contributed by atoms with Crippen molar-refractivity contribution < 1.29 is 13.3 Å². The second kappa shape index (κ2) is 4.37. The van der Waals surface area contributed by atoms with Gasteiger partial charge in [0.1, 0.15) is 0 Å². The highest BCUT2D eigenvalue weighted by Gasteiger charge is 2.52. The first-order valence-corrected chi connectivity index (χ1v) is 5.67. The van der Waals surface area contributed by atoms with Crippen LogP contribution in [0.1, 0.15) is 20.3 Å². The lowest BCUT2D eigenvalue weighted by atomic mass is 10.1. The second-order valence-electron chi connectivity index (χ2n) is 3.30. The minimum absolute atomic E-state index is 0.134. The van der Waals surface area contributed by atoms with Crippen LogP contribution in [0.15, 0.2) is 0 Å². The molecule has 0 N–H and O–H groups in total. The standard InChI is InChI=1S/C8H19O3Si/c1-7-8(2,3)12(9-4,10-5)11-6/h1,7H2,2-6H3. The molecule has 4 heteroatoms. The Balaban J connectivity index is 4.69. The Bertz CT molecular complexity index is 124. The van der Waals surface area contributed by atoms with E-state index in [9.17, 15) is 0 Å². The Morgan fingerprint density at radius 1 is 1.08 bits per heavy atom. The molecule has 0 atom stereocenters. The summed E-state index contributed by atoms with van der Waals surface area (Å²) in [7, 11) is 2.36. The van der Waals surface area contributed by atoms with E-state index in [2.05, 4.69) is 6.92 Å². The predicted molar refractivity (Wildman–Crippen MR) is 50.8 cm³/mol. The van der Waals surface area contributed by atoms with Crippen molar-refractivity contribution in [2.24, 2.45) is 0 Å². The molecule has 0 aliphatic rings. The molecule has 3 nitrogen and oxygen atoms in total. The summed E-state index contributed by atoms with van der Waals surface area (Å²) < 4.78 is 16.0. The van der Waals surface area contributed by atoms with Gasteiger partial charge in [0, 0.05) is 26.4 Å². The van der Waals surface area contributed by atoms with Crippen LogP contribution in [0, 0.1) is 6.92 Å². The first kappa shape index (κ1) is 12.1. The van der Waals surface area contributed by atoms with Crippen LogP contribution in [0.2, 0.25) is 5.04 Å². The van der Waals surface area contributed by atoms with E-state index in [0.29, 0.717) is 0 Å². The first-order valence-electron chi connectivity index (χ1n) is 3.94. The van der Waals surface area contributed by atoms with Gasteiger partial charge in [-0.1, -0.05) is 20.8 Å². The lowest BCUT2D eigenvalue weighted by molar-refractivity contribution is 0.0956. The van der Waals surface area contributed by atoms with Gasteiger partial charge in [-0.25, -0.2) is 0 Å². The lowest BCUT2D eigenvalue weighted by Crippen LogP contribution is -2.52. The van der Waals surface area contributed by atoms with Crippen LogP contribution in [0.5, 0.6) is 0 Å². The maximum atomic E-state index is 5.35. The molecule has 0 rings (SSSR count). The zero-order valence-electron chi connectivity index (χ0n) is 8.64. The third kappa shape index (κ3) is 1.88. The summed E-state index contributed by atoms with van der Waals surface area (Å²) >= 11 is 0. The van der Waals surface area contributed by atoms with Crippen molar-refractivity contribution in [3.63, 3.8) is 0 Å². The van der Waals surface area contributed by atoms with Crippen LogP contribution in [-0.4, -0.2) is 30.1 Å². The minimum atomic E-state index is -2.51. The van der Waals surface area contributed by atoms with Crippen molar-refractivity contribution in [2.45, 2.75) is 25.3 Å².